The minimum atomic E-state index is -0.382. The van der Waals surface area contributed by atoms with Crippen molar-refractivity contribution in [3.05, 3.63) is 29.6 Å². The van der Waals surface area contributed by atoms with Crippen molar-refractivity contribution in [3.8, 4) is 0 Å². The second-order valence-corrected chi connectivity index (χ2v) is 3.64. The molecular formula is C12H17NO3. The van der Waals surface area contributed by atoms with Gasteiger partial charge in [-0.2, -0.15) is 0 Å². The molecule has 0 saturated heterocycles. The molecule has 0 fully saturated rings. The number of esters is 1. The van der Waals surface area contributed by atoms with Crippen molar-refractivity contribution >= 4 is 5.97 Å². The summed E-state index contributed by atoms with van der Waals surface area (Å²) in [5.74, 6) is -0.382. The summed E-state index contributed by atoms with van der Waals surface area (Å²) in [6.45, 7) is 4.12. The van der Waals surface area contributed by atoms with Crippen LogP contribution in [0, 0.1) is 6.92 Å². The van der Waals surface area contributed by atoms with E-state index in [1.165, 1.54) is 0 Å². The van der Waals surface area contributed by atoms with Gasteiger partial charge >= 0.3 is 5.97 Å². The van der Waals surface area contributed by atoms with Crippen LogP contribution >= 0.6 is 0 Å². The van der Waals surface area contributed by atoms with Crippen molar-refractivity contribution in [3.63, 3.8) is 0 Å². The first-order valence-electron chi connectivity index (χ1n) is 5.27. The predicted octanol–water partition coefficient (Wildman–Crippen LogP) is 1.97. The lowest BCUT2D eigenvalue weighted by Gasteiger charge is -2.09. The van der Waals surface area contributed by atoms with Gasteiger partial charge in [0.2, 0.25) is 0 Å². The quantitative estimate of drug-likeness (QED) is 0.716. The molecular weight excluding hydrogens is 206 g/mol. The van der Waals surface area contributed by atoms with Gasteiger partial charge in [-0.25, -0.2) is 9.78 Å². The Morgan fingerprint density at radius 1 is 1.50 bits per heavy atom. The Labute approximate surface area is 95.6 Å². The van der Waals surface area contributed by atoms with Crippen LogP contribution in [0.1, 0.15) is 29.5 Å². The number of hydrogen-bond donors (Lipinski definition) is 0. The predicted molar refractivity (Wildman–Crippen MR) is 60.3 cm³/mol. The molecule has 0 aliphatic heterocycles. The lowest BCUT2D eigenvalue weighted by molar-refractivity contribution is 0.0384. The van der Waals surface area contributed by atoms with Crippen LogP contribution in [0.5, 0.6) is 0 Å². The van der Waals surface area contributed by atoms with Crippen LogP contribution in [0.25, 0.3) is 0 Å². The highest BCUT2D eigenvalue weighted by Crippen LogP contribution is 2.02. The molecule has 0 amide bonds. The molecule has 0 N–H and O–H groups in total. The minimum Gasteiger partial charge on any atom is -0.461 e. The molecule has 1 aromatic heterocycles. The monoisotopic (exact) mass is 223 g/mol. The topological polar surface area (TPSA) is 48.4 Å². The number of aryl methyl sites for hydroxylation is 1. The molecule has 0 saturated carbocycles. The largest absolute Gasteiger partial charge is 0.461 e. The van der Waals surface area contributed by atoms with Crippen molar-refractivity contribution in [1.82, 2.24) is 4.98 Å². The Morgan fingerprint density at radius 2 is 2.25 bits per heavy atom. The Bertz CT molecular complexity index is 352. The number of carbonyl (C=O) groups excluding carboxylic acids is 1. The van der Waals surface area contributed by atoms with Crippen LogP contribution in [-0.4, -0.2) is 30.8 Å². The van der Waals surface area contributed by atoms with E-state index in [2.05, 4.69) is 4.98 Å². The van der Waals surface area contributed by atoms with Gasteiger partial charge in [0.1, 0.15) is 5.69 Å². The molecule has 0 bridgehead atoms. The molecule has 88 valence electrons. The van der Waals surface area contributed by atoms with Crippen LogP contribution < -0.4 is 0 Å². The number of carbonyl (C=O) groups is 1. The Hall–Kier alpha value is -1.42. The summed E-state index contributed by atoms with van der Waals surface area (Å²) in [5.41, 5.74) is 1.16. The molecule has 1 aromatic rings. The zero-order valence-electron chi connectivity index (χ0n) is 9.90. The number of aromatic nitrogens is 1. The van der Waals surface area contributed by atoms with Crippen LogP contribution in [0.4, 0.5) is 0 Å². The van der Waals surface area contributed by atoms with E-state index >= 15 is 0 Å². The SMILES string of the molecule is COC(C)CCOC(=O)c1cccc(C)n1. The van der Waals surface area contributed by atoms with E-state index in [-0.39, 0.29) is 12.1 Å². The van der Waals surface area contributed by atoms with Crippen molar-refractivity contribution in [1.29, 1.82) is 0 Å². The number of methoxy groups -OCH3 is 1. The van der Waals surface area contributed by atoms with Gasteiger partial charge in [0, 0.05) is 19.2 Å². The normalized spacial score (nSPS) is 12.2. The number of hydrogen-bond acceptors (Lipinski definition) is 4. The van der Waals surface area contributed by atoms with E-state index in [9.17, 15) is 4.79 Å². The Balaban J connectivity index is 2.41. The molecule has 4 nitrogen and oxygen atoms in total. The highest BCUT2D eigenvalue weighted by Gasteiger charge is 2.09. The van der Waals surface area contributed by atoms with Crippen LogP contribution in [0.3, 0.4) is 0 Å². The molecule has 1 unspecified atom stereocenters. The number of rotatable bonds is 5. The molecule has 0 radical (unpaired) electrons. The minimum absolute atomic E-state index is 0.0956. The van der Waals surface area contributed by atoms with Gasteiger partial charge in [0.05, 0.1) is 12.7 Å². The van der Waals surface area contributed by atoms with E-state index in [1.54, 1.807) is 19.2 Å². The van der Waals surface area contributed by atoms with Gasteiger partial charge in [0.25, 0.3) is 0 Å². The fraction of sp³-hybridized carbons (Fsp3) is 0.500. The number of pyridine rings is 1. The zero-order valence-corrected chi connectivity index (χ0v) is 9.90. The van der Waals surface area contributed by atoms with E-state index in [0.717, 1.165) is 5.69 Å². The summed E-state index contributed by atoms with van der Waals surface area (Å²) >= 11 is 0. The van der Waals surface area contributed by atoms with Crippen molar-refractivity contribution in [2.45, 2.75) is 26.4 Å². The number of nitrogens with zero attached hydrogens (tertiary/aromatic N) is 1. The smallest absolute Gasteiger partial charge is 0.356 e. The second-order valence-electron chi connectivity index (χ2n) is 3.64. The third-order valence-electron chi connectivity index (χ3n) is 2.26. The Kier molecular flexibility index (Phi) is 4.92. The van der Waals surface area contributed by atoms with Gasteiger partial charge in [-0.15, -0.1) is 0 Å². The lowest BCUT2D eigenvalue weighted by atomic mass is 10.3. The van der Waals surface area contributed by atoms with Crippen LogP contribution in [0.2, 0.25) is 0 Å². The van der Waals surface area contributed by atoms with E-state index < -0.39 is 0 Å². The molecule has 0 aliphatic rings. The third-order valence-corrected chi connectivity index (χ3v) is 2.26. The van der Waals surface area contributed by atoms with Gasteiger partial charge < -0.3 is 9.47 Å². The average molecular weight is 223 g/mol. The summed E-state index contributed by atoms with van der Waals surface area (Å²) in [5, 5.41) is 0. The van der Waals surface area contributed by atoms with Gasteiger partial charge in [0.15, 0.2) is 0 Å². The summed E-state index contributed by atoms with van der Waals surface area (Å²) in [4.78, 5) is 15.6. The first-order valence-corrected chi connectivity index (χ1v) is 5.27. The molecule has 0 spiro atoms. The van der Waals surface area contributed by atoms with E-state index in [0.29, 0.717) is 18.7 Å². The fourth-order valence-corrected chi connectivity index (χ4v) is 1.17. The van der Waals surface area contributed by atoms with Crippen LogP contribution in [-0.2, 0) is 9.47 Å². The number of ether oxygens (including phenoxy) is 2. The maximum absolute atomic E-state index is 11.5. The highest BCUT2D eigenvalue weighted by atomic mass is 16.5. The van der Waals surface area contributed by atoms with E-state index in [4.69, 9.17) is 9.47 Å². The Morgan fingerprint density at radius 3 is 2.88 bits per heavy atom. The maximum Gasteiger partial charge on any atom is 0.356 e. The molecule has 0 aromatic carbocycles. The molecule has 16 heavy (non-hydrogen) atoms. The highest BCUT2D eigenvalue weighted by molar-refractivity contribution is 5.87. The summed E-state index contributed by atoms with van der Waals surface area (Å²) in [7, 11) is 1.63. The third kappa shape index (κ3) is 3.98. The summed E-state index contributed by atoms with van der Waals surface area (Å²) in [6, 6.07) is 5.27. The molecule has 0 aliphatic carbocycles. The van der Waals surface area contributed by atoms with Crippen molar-refractivity contribution in [2.24, 2.45) is 0 Å². The molecule has 4 heteroatoms. The van der Waals surface area contributed by atoms with Gasteiger partial charge in [-0.05, 0) is 26.0 Å². The molecule has 1 heterocycles. The molecule has 1 atom stereocenters. The van der Waals surface area contributed by atoms with Crippen LogP contribution in [0.15, 0.2) is 18.2 Å². The first kappa shape index (κ1) is 12.6. The van der Waals surface area contributed by atoms with Gasteiger partial charge in [-0.3, -0.25) is 0 Å². The standard InChI is InChI=1S/C12H17NO3/c1-9-5-4-6-11(13-9)12(14)16-8-7-10(2)15-3/h4-6,10H,7-8H2,1-3H3. The van der Waals surface area contributed by atoms with Crippen molar-refractivity contribution < 1.29 is 14.3 Å². The zero-order chi connectivity index (χ0) is 12.0. The maximum atomic E-state index is 11.5. The summed E-state index contributed by atoms with van der Waals surface area (Å²) in [6.07, 6.45) is 0.784. The van der Waals surface area contributed by atoms with E-state index in [1.807, 2.05) is 19.9 Å². The molecule has 1 rings (SSSR count). The second kappa shape index (κ2) is 6.23. The fourth-order valence-electron chi connectivity index (χ4n) is 1.17. The van der Waals surface area contributed by atoms with Gasteiger partial charge in [-0.1, -0.05) is 6.07 Å². The lowest BCUT2D eigenvalue weighted by Crippen LogP contribution is -2.13. The summed E-state index contributed by atoms with van der Waals surface area (Å²) < 4.78 is 10.1. The first-order chi connectivity index (χ1) is 7.63. The average Bonchev–Trinajstić information content (AvgIpc) is 2.28. The van der Waals surface area contributed by atoms with Crippen molar-refractivity contribution in [2.75, 3.05) is 13.7 Å².